The molecule has 1 aromatic heterocycles. The minimum Gasteiger partial charge on any atom is -0.357 e. The van der Waals surface area contributed by atoms with Crippen molar-refractivity contribution in [2.75, 3.05) is 0 Å². The summed E-state index contributed by atoms with van der Waals surface area (Å²) in [7, 11) is 0. The van der Waals surface area contributed by atoms with Crippen LogP contribution in [0.4, 0.5) is 8.78 Å². The van der Waals surface area contributed by atoms with Crippen molar-refractivity contribution in [1.29, 1.82) is 0 Å². The van der Waals surface area contributed by atoms with Crippen LogP contribution in [0.15, 0.2) is 36.4 Å². The van der Waals surface area contributed by atoms with Gasteiger partial charge in [-0.3, -0.25) is 0 Å². The van der Waals surface area contributed by atoms with Gasteiger partial charge in [0.1, 0.15) is 11.6 Å². The van der Waals surface area contributed by atoms with Gasteiger partial charge < -0.3 is 10.3 Å². The van der Waals surface area contributed by atoms with Crippen molar-refractivity contribution in [3.63, 3.8) is 0 Å². The van der Waals surface area contributed by atoms with Crippen molar-refractivity contribution in [3.8, 4) is 0 Å². The second kappa shape index (κ2) is 5.56. The van der Waals surface area contributed by atoms with Crippen LogP contribution in [0.2, 0.25) is 0 Å². The Morgan fingerprint density at radius 2 is 1.83 bits per heavy atom. The van der Waals surface area contributed by atoms with Crippen molar-refractivity contribution in [2.45, 2.75) is 25.4 Å². The van der Waals surface area contributed by atoms with Gasteiger partial charge in [-0.1, -0.05) is 18.2 Å². The van der Waals surface area contributed by atoms with Gasteiger partial charge in [-0.25, -0.2) is 8.78 Å². The molecule has 0 fully saturated rings. The van der Waals surface area contributed by atoms with Gasteiger partial charge in [-0.05, 0) is 59.7 Å². The average molecular weight is 424 g/mol. The topological polar surface area (TPSA) is 27.8 Å². The summed E-state index contributed by atoms with van der Waals surface area (Å²) < 4.78 is 29.5. The van der Waals surface area contributed by atoms with Gasteiger partial charge in [0.2, 0.25) is 0 Å². The summed E-state index contributed by atoms with van der Waals surface area (Å²) in [5.74, 6) is -1.02. The van der Waals surface area contributed by atoms with Crippen LogP contribution in [-0.2, 0) is 6.42 Å². The number of nitrogens with one attached hydrogen (secondary N) is 2. The monoisotopic (exact) mass is 424 g/mol. The minimum absolute atomic E-state index is 0.0878. The predicted octanol–water partition coefficient (Wildman–Crippen LogP) is 4.67. The van der Waals surface area contributed by atoms with Crippen molar-refractivity contribution < 1.29 is 8.78 Å². The first kappa shape index (κ1) is 15.1. The van der Waals surface area contributed by atoms with Crippen LogP contribution in [0.25, 0.3) is 10.9 Å². The lowest BCUT2D eigenvalue weighted by atomic mass is 9.90. The molecule has 2 N–H and O–H groups in total. The second-order valence-corrected chi connectivity index (χ2v) is 7.30. The quantitative estimate of drug-likeness (QED) is 0.546. The largest absolute Gasteiger partial charge is 0.357 e. The van der Waals surface area contributed by atoms with E-state index in [9.17, 15) is 8.78 Å². The van der Waals surface area contributed by atoms with Crippen LogP contribution in [0.5, 0.6) is 0 Å². The third-order valence-corrected chi connectivity index (χ3v) is 5.05. The maximum atomic E-state index is 14.5. The Labute approximate surface area is 146 Å². The van der Waals surface area contributed by atoms with E-state index in [1.165, 1.54) is 12.1 Å². The molecule has 2 aromatic carbocycles. The lowest BCUT2D eigenvalue weighted by Gasteiger charge is -2.30. The molecular formula is C18H15F2IN2. The number of aromatic amines is 1. The minimum atomic E-state index is -0.509. The Balaban J connectivity index is 1.95. The standard InChI is InChI=1S/C18H15F2IN2/c1-9-6-12-11-4-2-3-5-15(11)23-17(12)18(22-9)16-13(19)7-10(21)8-14(16)20/h2-5,7-9,18,22-23H,6H2,1H3/t9?,18-/m1/s1. The zero-order valence-corrected chi connectivity index (χ0v) is 14.6. The summed E-state index contributed by atoms with van der Waals surface area (Å²) in [6.45, 7) is 2.04. The SMILES string of the molecule is CC1Cc2c([nH]c3ccccc23)[C@@H](c2c(F)cc(I)cc2F)N1. The van der Waals surface area contributed by atoms with Crippen LogP contribution < -0.4 is 5.32 Å². The van der Waals surface area contributed by atoms with Crippen molar-refractivity contribution in [3.05, 3.63) is 68.4 Å². The summed E-state index contributed by atoms with van der Waals surface area (Å²) in [6.07, 6.45) is 0.837. The summed E-state index contributed by atoms with van der Waals surface area (Å²) in [5, 5.41) is 4.47. The van der Waals surface area contributed by atoms with E-state index in [1.807, 2.05) is 47.7 Å². The number of fused-ring (bicyclic) bond motifs is 3. The molecule has 0 bridgehead atoms. The van der Waals surface area contributed by atoms with Gasteiger partial charge in [0.15, 0.2) is 0 Å². The van der Waals surface area contributed by atoms with Crippen LogP contribution >= 0.6 is 22.6 Å². The second-order valence-electron chi connectivity index (χ2n) is 6.05. The molecule has 2 heterocycles. The lowest BCUT2D eigenvalue weighted by Crippen LogP contribution is -2.38. The molecule has 1 aliphatic rings. The molecule has 3 aromatic rings. The molecular weight excluding hydrogens is 409 g/mol. The first-order chi connectivity index (χ1) is 11.0. The van der Waals surface area contributed by atoms with Crippen molar-refractivity contribution in [2.24, 2.45) is 0 Å². The fraction of sp³-hybridized carbons (Fsp3) is 0.222. The number of para-hydroxylation sites is 1. The Hall–Kier alpha value is -1.47. The van der Waals surface area contributed by atoms with E-state index in [1.54, 1.807) is 0 Å². The fourth-order valence-electron chi connectivity index (χ4n) is 3.48. The van der Waals surface area contributed by atoms with Gasteiger partial charge in [0, 0.05) is 31.8 Å². The highest BCUT2D eigenvalue weighted by Crippen LogP contribution is 2.37. The summed E-state index contributed by atoms with van der Waals surface area (Å²) >= 11 is 1.93. The number of H-pyrrole nitrogens is 1. The van der Waals surface area contributed by atoms with Crippen LogP contribution in [-0.4, -0.2) is 11.0 Å². The van der Waals surface area contributed by atoms with Crippen LogP contribution in [0, 0.1) is 15.2 Å². The van der Waals surface area contributed by atoms with Crippen LogP contribution in [0.1, 0.15) is 29.8 Å². The molecule has 2 atom stereocenters. The smallest absolute Gasteiger partial charge is 0.132 e. The van der Waals surface area contributed by atoms with E-state index in [0.29, 0.717) is 3.57 Å². The molecule has 118 valence electrons. The molecule has 1 aliphatic heterocycles. The molecule has 0 saturated heterocycles. The molecule has 4 rings (SSSR count). The van der Waals surface area contributed by atoms with Crippen molar-refractivity contribution in [1.82, 2.24) is 10.3 Å². The molecule has 1 unspecified atom stereocenters. The zero-order valence-electron chi connectivity index (χ0n) is 12.5. The highest BCUT2D eigenvalue weighted by molar-refractivity contribution is 14.1. The number of aromatic nitrogens is 1. The van der Waals surface area contributed by atoms with Crippen LogP contribution in [0.3, 0.4) is 0 Å². The van der Waals surface area contributed by atoms with Crippen molar-refractivity contribution >= 4 is 33.5 Å². The van der Waals surface area contributed by atoms with E-state index in [4.69, 9.17) is 0 Å². The number of hydrogen-bond acceptors (Lipinski definition) is 1. The molecule has 0 saturated carbocycles. The molecule has 0 spiro atoms. The molecule has 0 aliphatic carbocycles. The molecule has 0 radical (unpaired) electrons. The van der Waals surface area contributed by atoms with E-state index in [0.717, 1.165) is 28.6 Å². The maximum absolute atomic E-state index is 14.5. The molecule has 0 amide bonds. The van der Waals surface area contributed by atoms with Gasteiger partial charge in [0.25, 0.3) is 0 Å². The summed E-state index contributed by atoms with van der Waals surface area (Å²) in [4.78, 5) is 3.36. The first-order valence-corrected chi connectivity index (χ1v) is 8.62. The zero-order chi connectivity index (χ0) is 16.1. The highest BCUT2D eigenvalue weighted by atomic mass is 127. The fourth-order valence-corrected chi connectivity index (χ4v) is 4.02. The number of rotatable bonds is 1. The number of hydrogen-bond donors (Lipinski definition) is 2. The third-order valence-electron chi connectivity index (χ3n) is 4.43. The number of halogens is 3. The first-order valence-electron chi connectivity index (χ1n) is 7.54. The number of benzene rings is 2. The Bertz CT molecular complexity index is 880. The molecule has 2 nitrogen and oxygen atoms in total. The molecule has 5 heteroatoms. The normalized spacial score (nSPS) is 20.7. The summed E-state index contributed by atoms with van der Waals surface area (Å²) in [5.41, 5.74) is 3.10. The average Bonchev–Trinajstić information content (AvgIpc) is 2.85. The molecule has 23 heavy (non-hydrogen) atoms. The van der Waals surface area contributed by atoms with E-state index >= 15 is 0 Å². The highest BCUT2D eigenvalue weighted by Gasteiger charge is 2.32. The van der Waals surface area contributed by atoms with E-state index in [-0.39, 0.29) is 11.6 Å². The predicted molar refractivity (Wildman–Crippen MR) is 95.5 cm³/mol. The van der Waals surface area contributed by atoms with E-state index in [2.05, 4.69) is 16.4 Å². The van der Waals surface area contributed by atoms with Gasteiger partial charge in [-0.15, -0.1) is 0 Å². The van der Waals surface area contributed by atoms with Gasteiger partial charge in [-0.2, -0.15) is 0 Å². The summed E-state index contributed by atoms with van der Waals surface area (Å²) in [6, 6.07) is 10.4. The van der Waals surface area contributed by atoms with Gasteiger partial charge >= 0.3 is 0 Å². The maximum Gasteiger partial charge on any atom is 0.132 e. The Morgan fingerprint density at radius 3 is 2.57 bits per heavy atom. The Morgan fingerprint density at radius 1 is 1.13 bits per heavy atom. The van der Waals surface area contributed by atoms with E-state index < -0.39 is 17.7 Å². The Kier molecular flexibility index (Phi) is 3.65. The van der Waals surface area contributed by atoms with Gasteiger partial charge in [0.05, 0.1) is 6.04 Å². The third kappa shape index (κ3) is 2.46. The lowest BCUT2D eigenvalue weighted by molar-refractivity contribution is 0.429.